The third kappa shape index (κ3) is 8.96. The highest BCUT2D eigenvalue weighted by atomic mass is 79.9. The molecule has 0 aliphatic rings. The van der Waals surface area contributed by atoms with Gasteiger partial charge < -0.3 is 4.74 Å². The zero-order chi connectivity index (χ0) is 11.2. The molecule has 5 heteroatoms. The first-order chi connectivity index (χ1) is 6.33. The molecule has 14 heavy (non-hydrogen) atoms. The van der Waals surface area contributed by atoms with Gasteiger partial charge in [-0.3, -0.25) is 0 Å². The third-order valence-electron chi connectivity index (χ3n) is 1.59. The third-order valence-corrected chi connectivity index (χ3v) is 2.88. The number of unbranched alkanes of at least 4 members (excludes halogenated alkanes) is 1. The summed E-state index contributed by atoms with van der Waals surface area (Å²) < 4.78 is 5.10. The molecule has 0 saturated heterocycles. The van der Waals surface area contributed by atoms with Gasteiger partial charge in [0.05, 0.1) is 9.46 Å². The van der Waals surface area contributed by atoms with Crippen LogP contribution in [0.4, 0.5) is 0 Å². The Kier molecular flexibility index (Phi) is 6.98. The van der Waals surface area contributed by atoms with E-state index in [0.717, 1.165) is 29.5 Å². The first-order valence-electron chi connectivity index (χ1n) is 4.53. The molecule has 0 spiro atoms. The summed E-state index contributed by atoms with van der Waals surface area (Å²) in [4.78, 5) is 11.0. The van der Waals surface area contributed by atoms with Gasteiger partial charge in [-0.05, 0) is 26.2 Å². The van der Waals surface area contributed by atoms with E-state index in [2.05, 4.69) is 38.4 Å². The van der Waals surface area contributed by atoms with Gasteiger partial charge in [0.2, 0.25) is 0 Å². The summed E-state index contributed by atoms with van der Waals surface area (Å²) in [7, 11) is 1.05. The fourth-order valence-electron chi connectivity index (χ4n) is 0.826. The van der Waals surface area contributed by atoms with Gasteiger partial charge in [-0.15, -0.1) is 0 Å². The van der Waals surface area contributed by atoms with E-state index >= 15 is 0 Å². The van der Waals surface area contributed by atoms with E-state index in [4.69, 9.17) is 4.74 Å². The molecule has 0 aromatic carbocycles. The molecule has 0 unspecified atom stereocenters. The molecule has 0 saturated carbocycles. The van der Waals surface area contributed by atoms with Crippen molar-refractivity contribution < 1.29 is 9.53 Å². The number of alkyl halides is 2. The minimum atomic E-state index is -0.292. The van der Waals surface area contributed by atoms with Crippen LogP contribution in [0.15, 0.2) is 12.2 Å². The topological polar surface area (TPSA) is 26.3 Å². The molecule has 0 atom stereocenters. The van der Waals surface area contributed by atoms with Gasteiger partial charge in [-0.2, -0.15) is 0 Å². The van der Waals surface area contributed by atoms with E-state index in [1.54, 1.807) is 6.92 Å². The Balaban J connectivity index is 3.39. The van der Waals surface area contributed by atoms with Crippen molar-refractivity contribution in [3.63, 3.8) is 0 Å². The summed E-state index contributed by atoms with van der Waals surface area (Å²) in [6, 6.07) is 0. The van der Waals surface area contributed by atoms with Gasteiger partial charge in [0, 0.05) is 15.8 Å². The molecule has 0 bridgehead atoms. The first-order valence-corrected chi connectivity index (χ1v) is 7.12. The van der Waals surface area contributed by atoms with Crippen LogP contribution in [0.5, 0.6) is 0 Å². The minimum absolute atomic E-state index is 0.137. The largest absolute Gasteiger partial charge is 0.462 e. The molecule has 0 N–H and O–H groups in total. The Bertz CT molecular complexity index is 211. The normalized spacial score (nSPS) is 11.4. The molecular formula is C9H16Br2O2Si. The van der Waals surface area contributed by atoms with E-state index in [0.29, 0.717) is 12.2 Å². The molecule has 0 radical (unpaired) electrons. The van der Waals surface area contributed by atoms with Crippen molar-refractivity contribution in [1.82, 2.24) is 0 Å². The van der Waals surface area contributed by atoms with E-state index in [9.17, 15) is 4.79 Å². The average Bonchev–Trinajstić information content (AvgIpc) is 2.01. The summed E-state index contributed by atoms with van der Waals surface area (Å²) >= 11 is 7.08. The summed E-state index contributed by atoms with van der Waals surface area (Å²) in [5, 5.41) is 0. The zero-order valence-corrected chi connectivity index (χ0v) is 13.8. The second-order valence-corrected chi connectivity index (χ2v) is 12.6. The van der Waals surface area contributed by atoms with Crippen molar-refractivity contribution in [2.24, 2.45) is 0 Å². The zero-order valence-electron chi connectivity index (χ0n) is 8.61. The van der Waals surface area contributed by atoms with Crippen LogP contribution in [0.25, 0.3) is 0 Å². The standard InChI is InChI=1S/C9H16Br2O2Si/c1-7(2)8(12)13-6-4-3-5-9(10,11)14/h1,3-6H2,2,14H3. The van der Waals surface area contributed by atoms with Crippen LogP contribution < -0.4 is 0 Å². The van der Waals surface area contributed by atoms with E-state index in [1.165, 1.54) is 0 Å². The van der Waals surface area contributed by atoms with Crippen LogP contribution in [0.1, 0.15) is 26.2 Å². The van der Waals surface area contributed by atoms with Crippen molar-refractivity contribution in [3.05, 3.63) is 12.2 Å². The average molecular weight is 344 g/mol. The maximum atomic E-state index is 11.0. The van der Waals surface area contributed by atoms with Crippen LogP contribution in [0.2, 0.25) is 0 Å². The Morgan fingerprint density at radius 2 is 2.07 bits per heavy atom. The van der Waals surface area contributed by atoms with Gasteiger partial charge in [0.15, 0.2) is 0 Å². The van der Waals surface area contributed by atoms with Crippen LogP contribution in [0.3, 0.4) is 0 Å². The molecule has 0 aliphatic carbocycles. The molecule has 82 valence electrons. The van der Waals surface area contributed by atoms with Crippen molar-refractivity contribution in [1.29, 1.82) is 0 Å². The van der Waals surface area contributed by atoms with Crippen molar-refractivity contribution >= 4 is 48.1 Å². The number of ether oxygens (including phenoxy) is 1. The fourth-order valence-corrected chi connectivity index (χ4v) is 1.74. The number of esters is 1. The quantitative estimate of drug-likeness (QED) is 0.243. The molecule has 0 heterocycles. The monoisotopic (exact) mass is 342 g/mol. The molecule has 0 aliphatic heterocycles. The van der Waals surface area contributed by atoms with Gasteiger partial charge >= 0.3 is 5.97 Å². The van der Waals surface area contributed by atoms with Crippen LogP contribution in [0, 0.1) is 0 Å². The highest BCUT2D eigenvalue weighted by Gasteiger charge is 2.13. The van der Waals surface area contributed by atoms with Gasteiger partial charge in [-0.25, -0.2) is 4.79 Å². The molecule has 0 aromatic heterocycles. The maximum absolute atomic E-state index is 11.0. The smallest absolute Gasteiger partial charge is 0.333 e. The predicted molar refractivity (Wildman–Crippen MR) is 70.1 cm³/mol. The molecule has 0 amide bonds. The van der Waals surface area contributed by atoms with Crippen molar-refractivity contribution in [3.8, 4) is 0 Å². The summed E-state index contributed by atoms with van der Waals surface area (Å²) in [6.45, 7) is 5.65. The van der Waals surface area contributed by atoms with Crippen LogP contribution >= 0.6 is 31.9 Å². The predicted octanol–water partition coefficient (Wildman–Crippen LogP) is 2.09. The molecular weight excluding hydrogens is 328 g/mol. The molecule has 0 aromatic rings. The van der Waals surface area contributed by atoms with Gasteiger partial charge in [0.25, 0.3) is 0 Å². The summed E-state index contributed by atoms with van der Waals surface area (Å²) in [5.41, 5.74) is 0.461. The molecule has 2 nitrogen and oxygen atoms in total. The Hall–Kier alpha value is 0.387. The summed E-state index contributed by atoms with van der Waals surface area (Å²) in [5.74, 6) is -0.292. The van der Waals surface area contributed by atoms with Gasteiger partial charge in [0.1, 0.15) is 0 Å². The highest BCUT2D eigenvalue weighted by Crippen LogP contribution is 2.27. The van der Waals surface area contributed by atoms with E-state index in [1.807, 2.05) is 0 Å². The number of carbonyl (C=O) groups is 1. The minimum Gasteiger partial charge on any atom is -0.462 e. The van der Waals surface area contributed by atoms with E-state index < -0.39 is 0 Å². The lowest BCUT2D eigenvalue weighted by atomic mass is 10.2. The second kappa shape index (κ2) is 6.79. The highest BCUT2D eigenvalue weighted by molar-refractivity contribution is 9.26. The van der Waals surface area contributed by atoms with Gasteiger partial charge in [-0.1, -0.05) is 38.4 Å². The lowest BCUT2D eigenvalue weighted by molar-refractivity contribution is -0.139. The molecule has 0 fully saturated rings. The maximum Gasteiger partial charge on any atom is 0.333 e. The number of carbonyl (C=O) groups excluding carboxylic acids is 1. The van der Waals surface area contributed by atoms with Crippen molar-refractivity contribution in [2.45, 2.75) is 29.0 Å². The summed E-state index contributed by atoms with van der Waals surface area (Å²) in [6.07, 6.45) is 3.01. The van der Waals surface area contributed by atoms with Crippen LogP contribution in [-0.4, -0.2) is 25.7 Å². The van der Waals surface area contributed by atoms with Crippen LogP contribution in [-0.2, 0) is 9.53 Å². The number of hydrogen-bond acceptors (Lipinski definition) is 2. The number of rotatable bonds is 6. The lowest BCUT2D eigenvalue weighted by Gasteiger charge is -2.13. The van der Waals surface area contributed by atoms with Crippen molar-refractivity contribution in [2.75, 3.05) is 6.61 Å². The first kappa shape index (κ1) is 14.4. The second-order valence-electron chi connectivity index (χ2n) is 3.44. The Labute approximate surface area is 105 Å². The SMILES string of the molecule is C=C(C)C(=O)OCCCCC([SiH3])(Br)Br. The van der Waals surface area contributed by atoms with E-state index in [-0.39, 0.29) is 8.83 Å². The number of hydrogen-bond donors (Lipinski definition) is 0. The Morgan fingerprint density at radius 1 is 1.50 bits per heavy atom. The number of halogens is 2. The lowest BCUT2D eigenvalue weighted by Crippen LogP contribution is -2.11. The molecule has 0 rings (SSSR count). The Morgan fingerprint density at radius 3 is 2.50 bits per heavy atom. The fraction of sp³-hybridized carbons (Fsp3) is 0.667.